The van der Waals surface area contributed by atoms with Crippen LogP contribution in [0.3, 0.4) is 0 Å². The van der Waals surface area contributed by atoms with E-state index in [-0.39, 0.29) is 5.41 Å². The predicted octanol–water partition coefficient (Wildman–Crippen LogP) is 2.30. The van der Waals surface area contributed by atoms with Crippen LogP contribution in [0, 0.1) is 12.3 Å². The van der Waals surface area contributed by atoms with E-state index >= 15 is 0 Å². The van der Waals surface area contributed by atoms with Gasteiger partial charge in [-0.25, -0.2) is 4.99 Å². The zero-order valence-electron chi connectivity index (χ0n) is 16.9. The van der Waals surface area contributed by atoms with Crippen LogP contribution in [0.2, 0.25) is 0 Å². The predicted molar refractivity (Wildman–Crippen MR) is 103 cm³/mol. The standard InChI is InChI=1S/C19H34N6O/c1-13-23-24-17(25(13)4)12-20-18(21-14-9-7-6-8-10-14)22-15-11-16(26-5)19(15,2)3/h14-16H,6-12H2,1-5H3,(H2,20,21,22). The van der Waals surface area contributed by atoms with Crippen LogP contribution in [0.15, 0.2) is 4.99 Å². The number of ether oxygens (including phenoxy) is 1. The number of aryl methyl sites for hydroxylation is 1. The molecular formula is C19H34N6O. The van der Waals surface area contributed by atoms with Gasteiger partial charge < -0.3 is 19.9 Å². The van der Waals surface area contributed by atoms with Crippen LogP contribution in [-0.2, 0) is 18.3 Å². The van der Waals surface area contributed by atoms with Gasteiger partial charge in [-0.2, -0.15) is 0 Å². The summed E-state index contributed by atoms with van der Waals surface area (Å²) in [5, 5.41) is 15.7. The van der Waals surface area contributed by atoms with Gasteiger partial charge in [-0.3, -0.25) is 0 Å². The van der Waals surface area contributed by atoms with Gasteiger partial charge in [0.2, 0.25) is 0 Å². The number of guanidine groups is 1. The van der Waals surface area contributed by atoms with Gasteiger partial charge in [-0.05, 0) is 26.2 Å². The zero-order chi connectivity index (χ0) is 18.7. The smallest absolute Gasteiger partial charge is 0.192 e. The summed E-state index contributed by atoms with van der Waals surface area (Å²) >= 11 is 0. The van der Waals surface area contributed by atoms with Crippen molar-refractivity contribution in [2.24, 2.45) is 17.5 Å². The van der Waals surface area contributed by atoms with Crippen LogP contribution < -0.4 is 10.6 Å². The summed E-state index contributed by atoms with van der Waals surface area (Å²) in [5.41, 5.74) is 0.102. The van der Waals surface area contributed by atoms with E-state index in [1.165, 1.54) is 32.1 Å². The highest BCUT2D eigenvalue weighted by molar-refractivity contribution is 5.80. The second-order valence-electron chi connectivity index (χ2n) is 8.34. The normalized spacial score (nSPS) is 26.4. The van der Waals surface area contributed by atoms with Crippen LogP contribution in [0.5, 0.6) is 0 Å². The van der Waals surface area contributed by atoms with Gasteiger partial charge in [0.25, 0.3) is 0 Å². The molecule has 0 aliphatic heterocycles. The lowest BCUT2D eigenvalue weighted by Crippen LogP contribution is -2.64. The molecule has 0 radical (unpaired) electrons. The van der Waals surface area contributed by atoms with E-state index in [2.05, 4.69) is 34.7 Å². The molecule has 0 aromatic carbocycles. The van der Waals surface area contributed by atoms with Crippen molar-refractivity contribution in [3.8, 4) is 0 Å². The van der Waals surface area contributed by atoms with Crippen molar-refractivity contribution in [2.75, 3.05) is 7.11 Å². The highest BCUT2D eigenvalue weighted by Crippen LogP contribution is 2.42. The fraction of sp³-hybridized carbons (Fsp3) is 0.842. The zero-order valence-corrected chi connectivity index (χ0v) is 16.9. The largest absolute Gasteiger partial charge is 0.381 e. The Morgan fingerprint density at radius 2 is 1.96 bits per heavy atom. The second-order valence-corrected chi connectivity index (χ2v) is 8.34. The third-order valence-electron chi connectivity index (χ3n) is 6.28. The van der Waals surface area contributed by atoms with Crippen molar-refractivity contribution in [1.29, 1.82) is 0 Å². The first-order valence-corrected chi connectivity index (χ1v) is 9.87. The first kappa shape index (κ1) is 19.1. The summed E-state index contributed by atoms with van der Waals surface area (Å²) in [6.45, 7) is 7.00. The Balaban J connectivity index is 1.69. The summed E-state index contributed by atoms with van der Waals surface area (Å²) < 4.78 is 7.59. The molecular weight excluding hydrogens is 328 g/mol. The summed E-state index contributed by atoms with van der Waals surface area (Å²) in [6.07, 6.45) is 7.70. The Hall–Kier alpha value is -1.63. The van der Waals surface area contributed by atoms with E-state index < -0.39 is 0 Å². The molecule has 1 aromatic rings. The Labute approximate surface area is 157 Å². The van der Waals surface area contributed by atoms with Crippen molar-refractivity contribution in [1.82, 2.24) is 25.4 Å². The van der Waals surface area contributed by atoms with E-state index in [4.69, 9.17) is 9.73 Å². The Kier molecular flexibility index (Phi) is 5.85. The third kappa shape index (κ3) is 4.03. The van der Waals surface area contributed by atoms with Crippen molar-refractivity contribution in [3.63, 3.8) is 0 Å². The molecule has 26 heavy (non-hydrogen) atoms. The number of rotatable bonds is 5. The van der Waals surface area contributed by atoms with Crippen LogP contribution >= 0.6 is 0 Å². The van der Waals surface area contributed by atoms with Crippen LogP contribution in [0.1, 0.15) is 64.0 Å². The number of aromatic nitrogens is 3. The van der Waals surface area contributed by atoms with Gasteiger partial charge in [0.1, 0.15) is 12.4 Å². The number of nitrogens with one attached hydrogen (secondary N) is 2. The molecule has 1 heterocycles. The molecule has 0 bridgehead atoms. The number of aliphatic imine (C=N–C) groups is 1. The minimum absolute atomic E-state index is 0.102. The quantitative estimate of drug-likeness (QED) is 0.621. The van der Waals surface area contributed by atoms with Crippen molar-refractivity contribution >= 4 is 5.96 Å². The van der Waals surface area contributed by atoms with Gasteiger partial charge >= 0.3 is 0 Å². The molecule has 3 rings (SSSR count). The van der Waals surface area contributed by atoms with Gasteiger partial charge in [-0.15, -0.1) is 10.2 Å². The summed E-state index contributed by atoms with van der Waals surface area (Å²) in [6, 6.07) is 0.876. The molecule has 2 saturated carbocycles. The molecule has 0 amide bonds. The average Bonchev–Trinajstić information content (AvgIpc) is 2.95. The highest BCUT2D eigenvalue weighted by atomic mass is 16.5. The van der Waals surface area contributed by atoms with Crippen molar-refractivity contribution in [2.45, 2.75) is 84.0 Å². The summed E-state index contributed by atoms with van der Waals surface area (Å²) in [7, 11) is 3.79. The summed E-state index contributed by atoms with van der Waals surface area (Å²) in [5.74, 6) is 2.69. The molecule has 1 aromatic heterocycles. The number of hydrogen-bond acceptors (Lipinski definition) is 4. The molecule has 2 aliphatic rings. The first-order valence-electron chi connectivity index (χ1n) is 9.87. The second kappa shape index (κ2) is 7.94. The number of hydrogen-bond donors (Lipinski definition) is 2. The molecule has 2 fully saturated rings. The molecule has 2 atom stereocenters. The molecule has 7 heteroatoms. The molecule has 0 saturated heterocycles. The fourth-order valence-corrected chi connectivity index (χ4v) is 4.01. The molecule has 7 nitrogen and oxygen atoms in total. The van der Waals surface area contributed by atoms with Crippen molar-refractivity contribution in [3.05, 3.63) is 11.6 Å². The highest BCUT2D eigenvalue weighted by Gasteiger charge is 2.49. The minimum atomic E-state index is 0.102. The van der Waals surface area contributed by atoms with Gasteiger partial charge in [-0.1, -0.05) is 33.1 Å². The maximum absolute atomic E-state index is 5.59. The lowest BCUT2D eigenvalue weighted by atomic mass is 9.64. The monoisotopic (exact) mass is 362 g/mol. The van der Waals surface area contributed by atoms with Crippen molar-refractivity contribution < 1.29 is 4.74 Å². The number of nitrogens with zero attached hydrogens (tertiary/aromatic N) is 4. The van der Waals surface area contributed by atoms with Crippen LogP contribution in [0.25, 0.3) is 0 Å². The van der Waals surface area contributed by atoms with E-state index in [1.54, 1.807) is 7.11 Å². The maximum atomic E-state index is 5.59. The topological polar surface area (TPSA) is 76.4 Å². The molecule has 2 unspecified atom stereocenters. The van der Waals surface area contributed by atoms with Gasteiger partial charge in [0.15, 0.2) is 11.8 Å². The van der Waals surface area contributed by atoms with Gasteiger partial charge in [0.05, 0.1) is 6.10 Å². The summed E-state index contributed by atoms with van der Waals surface area (Å²) in [4.78, 5) is 4.83. The molecule has 0 spiro atoms. The lowest BCUT2D eigenvalue weighted by Gasteiger charge is -2.51. The molecule has 2 aliphatic carbocycles. The SMILES string of the molecule is COC1CC(NC(=NCc2nnc(C)n2C)NC2CCCCC2)C1(C)C. The third-order valence-corrected chi connectivity index (χ3v) is 6.28. The Morgan fingerprint density at radius 3 is 2.54 bits per heavy atom. The van der Waals surface area contributed by atoms with E-state index in [0.29, 0.717) is 24.7 Å². The molecule has 2 N–H and O–H groups in total. The lowest BCUT2D eigenvalue weighted by molar-refractivity contribution is -0.0923. The maximum Gasteiger partial charge on any atom is 0.192 e. The first-order chi connectivity index (χ1) is 12.4. The minimum Gasteiger partial charge on any atom is -0.381 e. The van der Waals surface area contributed by atoms with E-state index in [9.17, 15) is 0 Å². The van der Waals surface area contributed by atoms with Gasteiger partial charge in [0, 0.05) is 31.7 Å². The Morgan fingerprint density at radius 1 is 1.23 bits per heavy atom. The fourth-order valence-electron chi connectivity index (χ4n) is 4.01. The number of methoxy groups -OCH3 is 1. The Bertz CT molecular complexity index is 632. The average molecular weight is 363 g/mol. The van der Waals surface area contributed by atoms with E-state index in [1.807, 2.05) is 18.5 Å². The molecule has 146 valence electrons. The van der Waals surface area contributed by atoms with Crippen LogP contribution in [-0.4, -0.2) is 46.0 Å². The van der Waals surface area contributed by atoms with E-state index in [0.717, 1.165) is 24.0 Å². The van der Waals surface area contributed by atoms with Crippen LogP contribution in [0.4, 0.5) is 0 Å².